The van der Waals surface area contributed by atoms with Crippen LogP contribution in [0.3, 0.4) is 0 Å². The Morgan fingerprint density at radius 3 is 2.37 bits per heavy atom. The van der Waals surface area contributed by atoms with Crippen molar-refractivity contribution in [2.75, 3.05) is 37.6 Å². The van der Waals surface area contributed by atoms with E-state index in [0.717, 1.165) is 49.2 Å². The van der Waals surface area contributed by atoms with Gasteiger partial charge >= 0.3 is 0 Å². The van der Waals surface area contributed by atoms with Gasteiger partial charge in [0.15, 0.2) is 10.9 Å². The molecule has 0 amide bonds. The van der Waals surface area contributed by atoms with Crippen LogP contribution in [0.2, 0.25) is 0 Å². The second-order valence-electron chi connectivity index (χ2n) is 4.52. The molecule has 1 aromatic rings. The zero-order valence-corrected chi connectivity index (χ0v) is 13.3. The molecule has 0 fully saturated rings. The summed E-state index contributed by atoms with van der Waals surface area (Å²) in [7, 11) is 0. The summed E-state index contributed by atoms with van der Waals surface area (Å²) in [6.45, 7) is 13.4. The largest absolute Gasteiger partial charge is 0.348 e. The predicted octanol–water partition coefficient (Wildman–Crippen LogP) is 2.90. The second-order valence-corrected chi connectivity index (χ2v) is 5.53. The van der Waals surface area contributed by atoms with Crippen molar-refractivity contribution < 1.29 is 4.79 Å². The Hall–Kier alpha value is -0.940. The first-order valence-electron chi connectivity index (χ1n) is 7.06. The standard InChI is InChI=1S/C14H25N3OS/c1-5-16(6-2)9-8-10-17(7-3)14-15-11-13(19-14)12(4)18/h11H,5-10H2,1-4H3. The SMILES string of the molecule is CCN(CC)CCCN(CC)c1ncc(C(C)=O)s1. The molecule has 19 heavy (non-hydrogen) atoms. The Morgan fingerprint density at radius 2 is 1.89 bits per heavy atom. The van der Waals surface area contributed by atoms with Crippen LogP contribution in [-0.4, -0.2) is 48.4 Å². The number of ketones is 1. The van der Waals surface area contributed by atoms with Gasteiger partial charge in [0.05, 0.1) is 11.1 Å². The summed E-state index contributed by atoms with van der Waals surface area (Å²) >= 11 is 1.50. The molecule has 4 nitrogen and oxygen atoms in total. The van der Waals surface area contributed by atoms with Crippen LogP contribution in [0.1, 0.15) is 43.8 Å². The Morgan fingerprint density at radius 1 is 1.21 bits per heavy atom. The van der Waals surface area contributed by atoms with Gasteiger partial charge in [0.2, 0.25) is 0 Å². The fraction of sp³-hybridized carbons (Fsp3) is 0.714. The van der Waals surface area contributed by atoms with Crippen molar-refractivity contribution in [1.29, 1.82) is 0 Å². The highest BCUT2D eigenvalue weighted by Crippen LogP contribution is 2.22. The molecule has 5 heteroatoms. The molecule has 0 radical (unpaired) electrons. The molecule has 0 saturated heterocycles. The van der Waals surface area contributed by atoms with E-state index in [1.807, 2.05) is 0 Å². The third kappa shape index (κ3) is 4.91. The third-order valence-electron chi connectivity index (χ3n) is 3.29. The number of carbonyl (C=O) groups is 1. The minimum atomic E-state index is 0.0999. The number of rotatable bonds is 9. The van der Waals surface area contributed by atoms with E-state index in [1.54, 1.807) is 13.1 Å². The lowest BCUT2D eigenvalue weighted by Gasteiger charge is -2.23. The average molecular weight is 283 g/mol. The zero-order valence-electron chi connectivity index (χ0n) is 12.5. The molecule has 0 aromatic carbocycles. The van der Waals surface area contributed by atoms with Crippen molar-refractivity contribution in [2.24, 2.45) is 0 Å². The average Bonchev–Trinajstić information content (AvgIpc) is 2.89. The molecule has 0 aliphatic carbocycles. The first-order valence-corrected chi connectivity index (χ1v) is 7.88. The monoisotopic (exact) mass is 283 g/mol. The van der Waals surface area contributed by atoms with Crippen molar-refractivity contribution in [3.63, 3.8) is 0 Å². The molecule has 1 aromatic heterocycles. The van der Waals surface area contributed by atoms with Crippen LogP contribution in [0, 0.1) is 0 Å². The van der Waals surface area contributed by atoms with Gasteiger partial charge < -0.3 is 9.80 Å². The van der Waals surface area contributed by atoms with Gasteiger partial charge in [-0.2, -0.15) is 0 Å². The minimum absolute atomic E-state index is 0.0999. The van der Waals surface area contributed by atoms with Crippen LogP contribution in [0.15, 0.2) is 6.20 Å². The fourth-order valence-electron chi connectivity index (χ4n) is 1.99. The molecule has 0 N–H and O–H groups in total. The fourth-order valence-corrected chi connectivity index (χ4v) is 2.89. The lowest BCUT2D eigenvalue weighted by molar-refractivity contribution is 0.102. The number of hydrogen-bond acceptors (Lipinski definition) is 5. The van der Waals surface area contributed by atoms with Gasteiger partial charge in [-0.1, -0.05) is 25.2 Å². The second kappa shape index (κ2) is 8.27. The van der Waals surface area contributed by atoms with E-state index < -0.39 is 0 Å². The van der Waals surface area contributed by atoms with E-state index in [0.29, 0.717) is 0 Å². The molecule has 1 rings (SSSR count). The number of nitrogens with zero attached hydrogens (tertiary/aromatic N) is 3. The number of anilines is 1. The van der Waals surface area contributed by atoms with Crippen molar-refractivity contribution in [2.45, 2.75) is 34.1 Å². The number of Topliss-reactive ketones (excluding diaryl/α,β-unsaturated/α-hetero) is 1. The number of aromatic nitrogens is 1. The summed E-state index contributed by atoms with van der Waals surface area (Å²) in [5.41, 5.74) is 0. The topological polar surface area (TPSA) is 36.4 Å². The Bertz CT molecular complexity index is 388. The summed E-state index contributed by atoms with van der Waals surface area (Å²) in [5, 5.41) is 0.965. The molecule has 0 aliphatic rings. The van der Waals surface area contributed by atoms with Crippen LogP contribution in [0.4, 0.5) is 5.13 Å². The van der Waals surface area contributed by atoms with Gasteiger partial charge in [-0.05, 0) is 33.0 Å². The highest BCUT2D eigenvalue weighted by molar-refractivity contribution is 7.17. The van der Waals surface area contributed by atoms with Crippen LogP contribution in [-0.2, 0) is 0 Å². The quantitative estimate of drug-likeness (QED) is 0.653. The summed E-state index contributed by atoms with van der Waals surface area (Å²) in [6, 6.07) is 0. The van der Waals surface area contributed by atoms with E-state index >= 15 is 0 Å². The smallest absolute Gasteiger partial charge is 0.185 e. The molecule has 0 spiro atoms. The number of carbonyl (C=O) groups excluding carboxylic acids is 1. The van der Waals surface area contributed by atoms with Crippen molar-refractivity contribution >= 4 is 22.3 Å². The molecule has 0 saturated carbocycles. The first kappa shape index (κ1) is 16.1. The van der Waals surface area contributed by atoms with Crippen molar-refractivity contribution in [3.05, 3.63) is 11.1 Å². The molecular weight excluding hydrogens is 258 g/mol. The van der Waals surface area contributed by atoms with E-state index in [-0.39, 0.29) is 5.78 Å². The van der Waals surface area contributed by atoms with Crippen LogP contribution < -0.4 is 4.90 Å². The lowest BCUT2D eigenvalue weighted by atomic mass is 10.3. The van der Waals surface area contributed by atoms with Gasteiger partial charge in [0.1, 0.15) is 0 Å². The summed E-state index contributed by atoms with van der Waals surface area (Å²) in [4.78, 5) is 21.1. The van der Waals surface area contributed by atoms with Gasteiger partial charge in [-0.3, -0.25) is 4.79 Å². The Balaban J connectivity index is 2.50. The highest BCUT2D eigenvalue weighted by atomic mass is 32.1. The lowest BCUT2D eigenvalue weighted by Crippen LogP contribution is -2.29. The number of hydrogen-bond donors (Lipinski definition) is 0. The maximum Gasteiger partial charge on any atom is 0.185 e. The van der Waals surface area contributed by atoms with Gasteiger partial charge in [0, 0.05) is 20.0 Å². The normalized spacial score (nSPS) is 11.0. The van der Waals surface area contributed by atoms with E-state index in [2.05, 4.69) is 35.6 Å². The molecule has 108 valence electrons. The van der Waals surface area contributed by atoms with Crippen LogP contribution in [0.5, 0.6) is 0 Å². The van der Waals surface area contributed by atoms with Crippen LogP contribution >= 0.6 is 11.3 Å². The highest BCUT2D eigenvalue weighted by Gasteiger charge is 2.11. The van der Waals surface area contributed by atoms with Gasteiger partial charge in [-0.15, -0.1) is 0 Å². The Kier molecular flexibility index (Phi) is 7.02. The summed E-state index contributed by atoms with van der Waals surface area (Å²) in [5.74, 6) is 0.0999. The zero-order chi connectivity index (χ0) is 14.3. The summed E-state index contributed by atoms with van der Waals surface area (Å²) < 4.78 is 0. The van der Waals surface area contributed by atoms with Crippen LogP contribution in [0.25, 0.3) is 0 Å². The third-order valence-corrected chi connectivity index (χ3v) is 4.45. The first-order chi connectivity index (χ1) is 9.12. The van der Waals surface area contributed by atoms with E-state index in [4.69, 9.17) is 0 Å². The Labute approximate surface area is 120 Å². The molecule has 0 aliphatic heterocycles. The van der Waals surface area contributed by atoms with Crippen molar-refractivity contribution in [3.8, 4) is 0 Å². The van der Waals surface area contributed by atoms with Crippen molar-refractivity contribution in [1.82, 2.24) is 9.88 Å². The number of thiazole rings is 1. The summed E-state index contributed by atoms with van der Waals surface area (Å²) in [6.07, 6.45) is 2.82. The molecule has 1 heterocycles. The van der Waals surface area contributed by atoms with E-state index in [1.165, 1.54) is 11.3 Å². The predicted molar refractivity (Wildman–Crippen MR) is 82.4 cm³/mol. The van der Waals surface area contributed by atoms with E-state index in [9.17, 15) is 4.79 Å². The minimum Gasteiger partial charge on any atom is -0.348 e. The molecule has 0 atom stereocenters. The molecule has 0 bridgehead atoms. The van der Waals surface area contributed by atoms with Gasteiger partial charge in [-0.25, -0.2) is 4.98 Å². The molecule has 0 unspecified atom stereocenters. The maximum atomic E-state index is 11.3. The van der Waals surface area contributed by atoms with Gasteiger partial charge in [0.25, 0.3) is 0 Å². The molecular formula is C14H25N3OS. The maximum absolute atomic E-state index is 11.3.